The first-order valence-electron chi connectivity index (χ1n) is 6.88. The van der Waals surface area contributed by atoms with Crippen molar-refractivity contribution >= 4 is 6.09 Å². The van der Waals surface area contributed by atoms with Crippen LogP contribution in [0.25, 0.3) is 0 Å². The Hall–Kier alpha value is -0.810. The molecule has 1 fully saturated rings. The van der Waals surface area contributed by atoms with E-state index in [4.69, 9.17) is 4.74 Å². The van der Waals surface area contributed by atoms with E-state index in [2.05, 4.69) is 12.2 Å². The maximum atomic E-state index is 11.5. The van der Waals surface area contributed by atoms with Crippen molar-refractivity contribution in [3.8, 4) is 0 Å². The van der Waals surface area contributed by atoms with Crippen LogP contribution in [0, 0.1) is 0 Å². The number of aliphatic hydroxyl groups is 1. The molecule has 1 aliphatic heterocycles. The van der Waals surface area contributed by atoms with Crippen molar-refractivity contribution in [3.63, 3.8) is 0 Å². The minimum atomic E-state index is -0.271. The zero-order valence-corrected chi connectivity index (χ0v) is 11.7. The molecule has 2 N–H and O–H groups in total. The van der Waals surface area contributed by atoms with Gasteiger partial charge in [0.05, 0.1) is 12.7 Å². The number of ether oxygens (including phenoxy) is 1. The lowest BCUT2D eigenvalue weighted by atomic mass is 10.0. The van der Waals surface area contributed by atoms with Gasteiger partial charge in [0.1, 0.15) is 0 Å². The van der Waals surface area contributed by atoms with Crippen LogP contribution in [0.5, 0.6) is 0 Å². The molecular formula is C13H26N2O3. The van der Waals surface area contributed by atoms with E-state index in [1.165, 1.54) is 0 Å². The van der Waals surface area contributed by atoms with E-state index in [1.54, 1.807) is 4.90 Å². The van der Waals surface area contributed by atoms with Gasteiger partial charge in [-0.1, -0.05) is 0 Å². The Bertz CT molecular complexity index is 251. The average molecular weight is 258 g/mol. The van der Waals surface area contributed by atoms with Crippen molar-refractivity contribution in [1.82, 2.24) is 10.2 Å². The number of aliphatic hydroxyl groups excluding tert-OH is 1. The summed E-state index contributed by atoms with van der Waals surface area (Å²) in [4.78, 5) is 13.3. The van der Waals surface area contributed by atoms with Gasteiger partial charge in [-0.25, -0.2) is 4.79 Å². The number of nitrogens with one attached hydrogen (secondary N) is 1. The zero-order chi connectivity index (χ0) is 13.5. The van der Waals surface area contributed by atoms with E-state index in [0.717, 1.165) is 32.4 Å². The standard InChI is InChI=1S/C13H26N2O3/c1-4-18-13(17)15-7-5-12(6-8-15)14-10(2)9-11(3)16/h10-12,14,16H,4-9H2,1-3H3. The lowest BCUT2D eigenvalue weighted by Gasteiger charge is -2.33. The monoisotopic (exact) mass is 258 g/mol. The van der Waals surface area contributed by atoms with E-state index >= 15 is 0 Å². The topological polar surface area (TPSA) is 61.8 Å². The Morgan fingerprint density at radius 3 is 2.56 bits per heavy atom. The zero-order valence-electron chi connectivity index (χ0n) is 11.7. The first-order chi connectivity index (χ1) is 8.52. The van der Waals surface area contributed by atoms with Crippen molar-refractivity contribution in [3.05, 3.63) is 0 Å². The molecule has 0 radical (unpaired) electrons. The molecular weight excluding hydrogens is 232 g/mol. The highest BCUT2D eigenvalue weighted by Crippen LogP contribution is 2.13. The Balaban J connectivity index is 2.24. The van der Waals surface area contributed by atoms with Gasteiger partial charge in [-0.05, 0) is 40.0 Å². The van der Waals surface area contributed by atoms with Crippen molar-refractivity contribution in [2.45, 2.75) is 58.2 Å². The molecule has 106 valence electrons. The fraction of sp³-hybridized carbons (Fsp3) is 0.923. The fourth-order valence-electron chi connectivity index (χ4n) is 2.43. The van der Waals surface area contributed by atoms with Crippen LogP contribution in [0.15, 0.2) is 0 Å². The second-order valence-corrected chi connectivity index (χ2v) is 5.11. The molecule has 0 spiro atoms. The SMILES string of the molecule is CCOC(=O)N1CCC(NC(C)CC(C)O)CC1. The van der Waals surface area contributed by atoms with Crippen molar-refractivity contribution in [2.24, 2.45) is 0 Å². The third kappa shape index (κ3) is 5.23. The molecule has 5 heteroatoms. The van der Waals surface area contributed by atoms with Gasteiger partial charge in [-0.2, -0.15) is 0 Å². The molecule has 0 aromatic rings. The van der Waals surface area contributed by atoms with Gasteiger partial charge in [0, 0.05) is 25.2 Å². The molecule has 0 saturated carbocycles. The van der Waals surface area contributed by atoms with E-state index in [1.807, 2.05) is 13.8 Å². The number of piperidine rings is 1. The summed E-state index contributed by atoms with van der Waals surface area (Å²) in [6, 6.07) is 0.744. The number of carbonyl (C=O) groups is 1. The van der Waals surface area contributed by atoms with Gasteiger partial charge < -0.3 is 20.1 Å². The summed E-state index contributed by atoms with van der Waals surface area (Å²) in [5.41, 5.74) is 0. The summed E-state index contributed by atoms with van der Waals surface area (Å²) in [5, 5.41) is 12.8. The number of rotatable bonds is 5. The van der Waals surface area contributed by atoms with Crippen molar-refractivity contribution in [1.29, 1.82) is 0 Å². The summed E-state index contributed by atoms with van der Waals surface area (Å²) >= 11 is 0. The second kappa shape index (κ2) is 7.59. The van der Waals surface area contributed by atoms with Crippen LogP contribution in [0.1, 0.15) is 40.0 Å². The van der Waals surface area contributed by atoms with Gasteiger partial charge in [0.25, 0.3) is 0 Å². The Labute approximate surface area is 109 Å². The highest BCUT2D eigenvalue weighted by Gasteiger charge is 2.24. The Morgan fingerprint density at radius 1 is 1.44 bits per heavy atom. The number of carbonyl (C=O) groups excluding carboxylic acids is 1. The average Bonchev–Trinajstić information content (AvgIpc) is 2.29. The summed E-state index contributed by atoms with van der Waals surface area (Å²) in [7, 11) is 0. The van der Waals surface area contributed by atoms with Gasteiger partial charge in [-0.15, -0.1) is 0 Å². The van der Waals surface area contributed by atoms with E-state index in [-0.39, 0.29) is 12.2 Å². The van der Waals surface area contributed by atoms with Gasteiger partial charge >= 0.3 is 6.09 Å². The van der Waals surface area contributed by atoms with Gasteiger partial charge in [0.15, 0.2) is 0 Å². The number of nitrogens with zero attached hydrogens (tertiary/aromatic N) is 1. The molecule has 18 heavy (non-hydrogen) atoms. The Kier molecular flexibility index (Phi) is 6.43. The van der Waals surface area contributed by atoms with Crippen LogP contribution in [-0.4, -0.2) is 54.0 Å². The molecule has 1 saturated heterocycles. The molecule has 2 atom stereocenters. The van der Waals surface area contributed by atoms with Crippen LogP contribution in [0.3, 0.4) is 0 Å². The third-order valence-electron chi connectivity index (χ3n) is 3.24. The van der Waals surface area contributed by atoms with E-state index < -0.39 is 0 Å². The quantitative estimate of drug-likeness (QED) is 0.781. The third-order valence-corrected chi connectivity index (χ3v) is 3.24. The van der Waals surface area contributed by atoms with Crippen LogP contribution in [-0.2, 0) is 4.74 Å². The highest BCUT2D eigenvalue weighted by atomic mass is 16.6. The summed E-state index contributed by atoms with van der Waals surface area (Å²) in [5.74, 6) is 0. The molecule has 2 unspecified atom stereocenters. The lowest BCUT2D eigenvalue weighted by Crippen LogP contribution is -2.47. The molecule has 1 rings (SSSR count). The minimum absolute atomic E-state index is 0.201. The number of amides is 1. The molecule has 0 bridgehead atoms. The number of hydrogen-bond acceptors (Lipinski definition) is 4. The van der Waals surface area contributed by atoms with Gasteiger partial charge in [0.2, 0.25) is 0 Å². The minimum Gasteiger partial charge on any atom is -0.450 e. The predicted molar refractivity (Wildman–Crippen MR) is 70.5 cm³/mol. The highest BCUT2D eigenvalue weighted by molar-refractivity contribution is 5.67. The van der Waals surface area contributed by atoms with E-state index in [0.29, 0.717) is 18.7 Å². The molecule has 0 aliphatic carbocycles. The summed E-state index contributed by atoms with van der Waals surface area (Å²) < 4.78 is 4.98. The van der Waals surface area contributed by atoms with E-state index in [9.17, 15) is 9.90 Å². The molecule has 1 aliphatic rings. The molecule has 5 nitrogen and oxygen atoms in total. The fourth-order valence-corrected chi connectivity index (χ4v) is 2.43. The van der Waals surface area contributed by atoms with Crippen LogP contribution >= 0.6 is 0 Å². The number of likely N-dealkylation sites (tertiary alicyclic amines) is 1. The summed E-state index contributed by atoms with van der Waals surface area (Å²) in [6.07, 6.45) is 2.18. The first kappa shape index (κ1) is 15.2. The van der Waals surface area contributed by atoms with Crippen LogP contribution in [0.2, 0.25) is 0 Å². The first-order valence-corrected chi connectivity index (χ1v) is 6.88. The largest absolute Gasteiger partial charge is 0.450 e. The van der Waals surface area contributed by atoms with Crippen LogP contribution in [0.4, 0.5) is 4.79 Å². The summed E-state index contributed by atoms with van der Waals surface area (Å²) in [6.45, 7) is 7.65. The lowest BCUT2D eigenvalue weighted by molar-refractivity contribution is 0.0933. The molecule has 1 heterocycles. The van der Waals surface area contributed by atoms with Crippen molar-refractivity contribution < 1.29 is 14.6 Å². The predicted octanol–water partition coefficient (Wildman–Crippen LogP) is 1.36. The molecule has 0 aromatic heterocycles. The smallest absolute Gasteiger partial charge is 0.409 e. The normalized spacial score (nSPS) is 20.6. The molecule has 1 amide bonds. The van der Waals surface area contributed by atoms with Crippen molar-refractivity contribution in [2.75, 3.05) is 19.7 Å². The second-order valence-electron chi connectivity index (χ2n) is 5.11. The maximum Gasteiger partial charge on any atom is 0.409 e. The Morgan fingerprint density at radius 2 is 2.06 bits per heavy atom. The maximum absolute atomic E-state index is 11.5. The van der Waals surface area contributed by atoms with Crippen LogP contribution < -0.4 is 5.32 Å². The molecule has 0 aromatic carbocycles. The van der Waals surface area contributed by atoms with Gasteiger partial charge in [-0.3, -0.25) is 0 Å². The number of hydrogen-bond donors (Lipinski definition) is 2.